The number of fused-ring (bicyclic) bond motifs is 1. The maximum atomic E-state index is 5.72. The third kappa shape index (κ3) is 4.45. The first-order valence-corrected chi connectivity index (χ1v) is 9.75. The first-order chi connectivity index (χ1) is 10.3. The highest BCUT2D eigenvalue weighted by molar-refractivity contribution is 8.01. The van der Waals surface area contributed by atoms with Crippen LogP contribution < -0.4 is 5.32 Å². The van der Waals surface area contributed by atoms with Gasteiger partial charge in [0, 0.05) is 24.5 Å². The van der Waals surface area contributed by atoms with Crippen molar-refractivity contribution in [1.82, 2.24) is 5.32 Å². The second-order valence-electron chi connectivity index (χ2n) is 5.90. The predicted octanol–water partition coefficient (Wildman–Crippen LogP) is 3.85. The summed E-state index contributed by atoms with van der Waals surface area (Å²) in [6.07, 6.45) is 5.00. The number of thioether (sulfide) groups is 1. The number of ether oxygens (including phenoxy) is 2. The van der Waals surface area contributed by atoms with Gasteiger partial charge in [-0.15, -0.1) is 23.1 Å². The smallest absolute Gasteiger partial charge is 0.0809 e. The monoisotopic (exact) mass is 327 g/mol. The SMILES string of the molecule is C[C@H]1CC(NCCCOCC2CCCO2)c2ccsc2S1. The summed E-state index contributed by atoms with van der Waals surface area (Å²) >= 11 is 3.90. The van der Waals surface area contributed by atoms with Gasteiger partial charge >= 0.3 is 0 Å². The molecule has 2 aliphatic rings. The van der Waals surface area contributed by atoms with E-state index in [-0.39, 0.29) is 0 Å². The van der Waals surface area contributed by atoms with Gasteiger partial charge in [0.05, 0.1) is 16.9 Å². The summed E-state index contributed by atoms with van der Waals surface area (Å²) in [5.41, 5.74) is 1.50. The Balaban J connectivity index is 1.32. The standard InChI is InChI=1S/C16H25NO2S2/c1-12-10-15(14-5-9-20-16(14)21-12)17-6-3-7-18-11-13-4-2-8-19-13/h5,9,12-13,15,17H,2-4,6-8,10-11H2,1H3/t12-,13?,15?/m0/s1. The van der Waals surface area contributed by atoms with E-state index in [9.17, 15) is 0 Å². The highest BCUT2D eigenvalue weighted by Gasteiger charge is 2.25. The van der Waals surface area contributed by atoms with Gasteiger partial charge in [-0.25, -0.2) is 0 Å². The van der Waals surface area contributed by atoms with Crippen LogP contribution in [0.15, 0.2) is 15.7 Å². The molecule has 3 heterocycles. The average molecular weight is 328 g/mol. The molecule has 3 rings (SSSR count). The molecule has 1 saturated heterocycles. The van der Waals surface area contributed by atoms with E-state index in [0.29, 0.717) is 17.4 Å². The highest BCUT2D eigenvalue weighted by atomic mass is 32.2. The lowest BCUT2D eigenvalue weighted by molar-refractivity contribution is 0.0165. The molecule has 118 valence electrons. The molecule has 1 fully saturated rings. The van der Waals surface area contributed by atoms with E-state index in [1.807, 2.05) is 23.1 Å². The van der Waals surface area contributed by atoms with E-state index in [2.05, 4.69) is 23.7 Å². The fraction of sp³-hybridized carbons (Fsp3) is 0.750. The van der Waals surface area contributed by atoms with E-state index >= 15 is 0 Å². The van der Waals surface area contributed by atoms with Crippen molar-refractivity contribution in [3.8, 4) is 0 Å². The molecular weight excluding hydrogens is 302 g/mol. The second-order valence-corrected chi connectivity index (χ2v) is 8.52. The lowest BCUT2D eigenvalue weighted by Crippen LogP contribution is -2.28. The molecule has 1 N–H and O–H groups in total. The first-order valence-electron chi connectivity index (χ1n) is 7.99. The first kappa shape index (κ1) is 15.8. The molecule has 0 aliphatic carbocycles. The van der Waals surface area contributed by atoms with E-state index < -0.39 is 0 Å². The topological polar surface area (TPSA) is 30.5 Å². The molecule has 0 amide bonds. The van der Waals surface area contributed by atoms with Crippen LogP contribution in [0.4, 0.5) is 0 Å². The number of nitrogens with one attached hydrogen (secondary N) is 1. The van der Waals surface area contributed by atoms with Crippen molar-refractivity contribution in [2.45, 2.75) is 54.2 Å². The second kappa shape index (κ2) is 7.97. The molecule has 0 aromatic carbocycles. The third-order valence-corrected chi connectivity index (χ3v) is 6.44. The Kier molecular flexibility index (Phi) is 6.00. The number of hydrogen-bond acceptors (Lipinski definition) is 5. The normalized spacial score (nSPS) is 28.7. The summed E-state index contributed by atoms with van der Waals surface area (Å²) in [5, 5.41) is 6.63. The highest BCUT2D eigenvalue weighted by Crippen LogP contribution is 2.43. The molecule has 1 aromatic rings. The van der Waals surface area contributed by atoms with Gasteiger partial charge in [0.15, 0.2) is 0 Å². The largest absolute Gasteiger partial charge is 0.379 e. The van der Waals surface area contributed by atoms with Gasteiger partial charge < -0.3 is 14.8 Å². The zero-order chi connectivity index (χ0) is 14.5. The maximum Gasteiger partial charge on any atom is 0.0809 e. The lowest BCUT2D eigenvalue weighted by atomic mass is 10.0. The summed E-state index contributed by atoms with van der Waals surface area (Å²) < 4.78 is 12.8. The van der Waals surface area contributed by atoms with Gasteiger partial charge in [-0.1, -0.05) is 6.92 Å². The van der Waals surface area contributed by atoms with E-state index in [0.717, 1.165) is 39.2 Å². The fourth-order valence-corrected chi connectivity index (χ4v) is 5.55. The van der Waals surface area contributed by atoms with Crippen molar-refractivity contribution in [2.75, 3.05) is 26.4 Å². The molecule has 3 nitrogen and oxygen atoms in total. The van der Waals surface area contributed by atoms with E-state index in [4.69, 9.17) is 9.47 Å². The van der Waals surface area contributed by atoms with E-state index in [1.54, 1.807) is 0 Å². The summed E-state index contributed by atoms with van der Waals surface area (Å²) in [5.74, 6) is 0. The Morgan fingerprint density at radius 3 is 3.29 bits per heavy atom. The van der Waals surface area contributed by atoms with E-state index in [1.165, 1.54) is 22.6 Å². The van der Waals surface area contributed by atoms with Crippen LogP contribution in [0.5, 0.6) is 0 Å². The van der Waals surface area contributed by atoms with Crippen LogP contribution in [0, 0.1) is 0 Å². The molecule has 0 saturated carbocycles. The van der Waals surface area contributed by atoms with Crippen LogP contribution in [0.2, 0.25) is 0 Å². The van der Waals surface area contributed by atoms with Gasteiger partial charge in [0.25, 0.3) is 0 Å². The summed E-state index contributed by atoms with van der Waals surface area (Å²) in [6.45, 7) is 5.87. The van der Waals surface area contributed by atoms with Gasteiger partial charge in [-0.2, -0.15) is 0 Å². The maximum absolute atomic E-state index is 5.72. The summed E-state index contributed by atoms with van der Waals surface area (Å²) in [7, 11) is 0. The van der Waals surface area contributed by atoms with Crippen LogP contribution in [-0.4, -0.2) is 37.7 Å². The molecule has 1 aromatic heterocycles. The van der Waals surface area contributed by atoms with Crippen LogP contribution in [0.3, 0.4) is 0 Å². The molecule has 5 heteroatoms. The van der Waals surface area contributed by atoms with Crippen molar-refractivity contribution in [2.24, 2.45) is 0 Å². The summed E-state index contributed by atoms with van der Waals surface area (Å²) in [6, 6.07) is 2.81. The van der Waals surface area contributed by atoms with Crippen LogP contribution in [0.1, 0.15) is 44.2 Å². The Morgan fingerprint density at radius 1 is 1.48 bits per heavy atom. The van der Waals surface area contributed by atoms with Gasteiger partial charge in [0.2, 0.25) is 0 Å². The lowest BCUT2D eigenvalue weighted by Gasteiger charge is -2.27. The van der Waals surface area contributed by atoms with Crippen molar-refractivity contribution >= 4 is 23.1 Å². The minimum atomic E-state index is 0.350. The number of hydrogen-bond donors (Lipinski definition) is 1. The van der Waals surface area contributed by atoms with Gasteiger partial charge in [-0.3, -0.25) is 0 Å². The molecule has 2 aliphatic heterocycles. The Labute approximate surface area is 135 Å². The third-order valence-electron chi connectivity index (χ3n) is 4.09. The van der Waals surface area contributed by atoms with Crippen molar-refractivity contribution in [1.29, 1.82) is 0 Å². The molecular formula is C16H25NO2S2. The Morgan fingerprint density at radius 2 is 2.43 bits per heavy atom. The quantitative estimate of drug-likeness (QED) is 0.771. The molecule has 21 heavy (non-hydrogen) atoms. The molecule has 0 spiro atoms. The minimum Gasteiger partial charge on any atom is -0.379 e. The molecule has 3 atom stereocenters. The zero-order valence-electron chi connectivity index (χ0n) is 12.7. The Hall–Kier alpha value is -0.0700. The van der Waals surface area contributed by atoms with Crippen LogP contribution in [0.25, 0.3) is 0 Å². The molecule has 0 bridgehead atoms. The molecule has 2 unspecified atom stereocenters. The molecule has 0 radical (unpaired) electrons. The summed E-state index contributed by atoms with van der Waals surface area (Å²) in [4.78, 5) is 0. The number of thiophene rings is 1. The minimum absolute atomic E-state index is 0.350. The van der Waals surface area contributed by atoms with Gasteiger partial charge in [-0.05, 0) is 49.2 Å². The average Bonchev–Trinajstić information content (AvgIpc) is 3.13. The zero-order valence-corrected chi connectivity index (χ0v) is 14.3. The Bertz CT molecular complexity index is 432. The van der Waals surface area contributed by atoms with Crippen molar-refractivity contribution in [3.05, 3.63) is 17.0 Å². The predicted molar refractivity (Wildman–Crippen MR) is 89.4 cm³/mol. The van der Waals surface area contributed by atoms with Crippen molar-refractivity contribution in [3.63, 3.8) is 0 Å². The fourth-order valence-electron chi connectivity index (χ4n) is 2.98. The van der Waals surface area contributed by atoms with Gasteiger partial charge in [0.1, 0.15) is 0 Å². The van der Waals surface area contributed by atoms with Crippen molar-refractivity contribution < 1.29 is 9.47 Å². The number of rotatable bonds is 7. The van der Waals surface area contributed by atoms with Crippen LogP contribution in [-0.2, 0) is 9.47 Å². The van der Waals surface area contributed by atoms with Crippen LogP contribution >= 0.6 is 23.1 Å².